The normalized spacial score (nSPS) is 11.6. The van der Waals surface area contributed by atoms with Crippen LogP contribution in [0.1, 0.15) is 61.0 Å². The highest BCUT2D eigenvalue weighted by Crippen LogP contribution is 2.33. The van der Waals surface area contributed by atoms with E-state index in [0.29, 0.717) is 22.3 Å². The van der Waals surface area contributed by atoms with Gasteiger partial charge in [0.25, 0.3) is 11.8 Å². The third-order valence-corrected chi connectivity index (χ3v) is 5.52. The Balaban J connectivity index is 2.38. The molecule has 8 heteroatoms. The molecule has 0 saturated carbocycles. The van der Waals surface area contributed by atoms with E-state index in [0.717, 1.165) is 0 Å². The average molecular weight is 475 g/mol. The van der Waals surface area contributed by atoms with Crippen molar-refractivity contribution < 1.29 is 23.5 Å². The Hall–Kier alpha value is -3.03. The molecule has 34 heavy (non-hydrogen) atoms. The summed E-state index contributed by atoms with van der Waals surface area (Å²) >= 11 is 0. The number of hydrogen-bond donors (Lipinski definition) is 0. The van der Waals surface area contributed by atoms with Crippen molar-refractivity contribution in [2.45, 2.75) is 86.5 Å². The van der Waals surface area contributed by atoms with E-state index < -0.39 is 5.63 Å². The fourth-order valence-corrected chi connectivity index (χ4v) is 4.32. The number of carbonyl (C=O) groups excluding carboxylic acids is 2. The summed E-state index contributed by atoms with van der Waals surface area (Å²) < 4.78 is 17.1. The lowest BCUT2D eigenvalue weighted by Gasteiger charge is -2.31. The molecule has 0 spiro atoms. The molecule has 1 aromatic heterocycles. The maximum atomic E-state index is 12.8. The highest BCUT2D eigenvalue weighted by Gasteiger charge is 2.23. The quantitative estimate of drug-likeness (QED) is 0.481. The molecular formula is C26H38N2O6. The molecule has 0 fully saturated rings. The number of fused-ring (bicyclic) bond motifs is 1. The summed E-state index contributed by atoms with van der Waals surface area (Å²) in [6.07, 6.45) is 0. The summed E-state index contributed by atoms with van der Waals surface area (Å²) in [5.41, 5.74) is 0.551. The van der Waals surface area contributed by atoms with Gasteiger partial charge in [0, 0.05) is 41.7 Å². The molecule has 0 unspecified atom stereocenters. The van der Waals surface area contributed by atoms with Crippen LogP contribution >= 0.6 is 0 Å². The van der Waals surface area contributed by atoms with Crippen LogP contribution in [-0.2, 0) is 9.59 Å². The van der Waals surface area contributed by atoms with Crippen molar-refractivity contribution in [2.75, 3.05) is 13.2 Å². The standard InChI is InChI=1S/C26H38N2O6/c1-15(2)27(16(3)4)24(29)13-32-22-11-20-19(9)10-26(31)34-21(20)12-23(22)33-14-25(30)28(17(5)6)18(7)8/h10-12,15-18H,13-14H2,1-9H3. The second kappa shape index (κ2) is 11.4. The van der Waals surface area contributed by atoms with Crippen molar-refractivity contribution in [2.24, 2.45) is 0 Å². The van der Waals surface area contributed by atoms with Crippen LogP contribution in [0.3, 0.4) is 0 Å². The van der Waals surface area contributed by atoms with Gasteiger partial charge in [-0.15, -0.1) is 0 Å². The highest BCUT2D eigenvalue weighted by atomic mass is 16.5. The van der Waals surface area contributed by atoms with E-state index in [4.69, 9.17) is 13.9 Å². The number of rotatable bonds is 10. The fourth-order valence-electron chi connectivity index (χ4n) is 4.32. The smallest absolute Gasteiger partial charge is 0.336 e. The molecule has 0 aliphatic rings. The van der Waals surface area contributed by atoms with Crippen LogP contribution in [0.5, 0.6) is 11.5 Å². The molecule has 2 aromatic rings. The summed E-state index contributed by atoms with van der Waals surface area (Å²) in [5.74, 6) is 0.201. The van der Waals surface area contributed by atoms with Crippen molar-refractivity contribution in [1.82, 2.24) is 9.80 Å². The molecule has 1 aromatic carbocycles. The first-order valence-electron chi connectivity index (χ1n) is 11.8. The number of aryl methyl sites for hydroxylation is 1. The minimum Gasteiger partial charge on any atom is -0.480 e. The van der Waals surface area contributed by atoms with Crippen LogP contribution in [0, 0.1) is 6.92 Å². The average Bonchev–Trinajstić information content (AvgIpc) is 2.69. The van der Waals surface area contributed by atoms with Crippen molar-refractivity contribution >= 4 is 22.8 Å². The zero-order chi connectivity index (χ0) is 25.7. The third-order valence-electron chi connectivity index (χ3n) is 5.52. The zero-order valence-corrected chi connectivity index (χ0v) is 21.8. The van der Waals surface area contributed by atoms with Crippen LogP contribution < -0.4 is 15.1 Å². The Morgan fingerprint density at radius 1 is 0.765 bits per heavy atom. The molecule has 0 aliphatic heterocycles. The van der Waals surface area contributed by atoms with Crippen LogP contribution in [0.4, 0.5) is 0 Å². The maximum Gasteiger partial charge on any atom is 0.336 e. The molecule has 0 saturated heterocycles. The molecule has 0 N–H and O–H groups in total. The van der Waals surface area contributed by atoms with Gasteiger partial charge in [-0.3, -0.25) is 9.59 Å². The second-order valence-corrected chi connectivity index (χ2v) is 9.60. The molecule has 0 radical (unpaired) electrons. The number of carbonyl (C=O) groups is 2. The topological polar surface area (TPSA) is 89.3 Å². The molecule has 1 heterocycles. The summed E-state index contributed by atoms with van der Waals surface area (Å²) in [7, 11) is 0. The van der Waals surface area contributed by atoms with Gasteiger partial charge >= 0.3 is 5.63 Å². The Kier molecular flexibility index (Phi) is 9.13. The van der Waals surface area contributed by atoms with E-state index in [1.807, 2.05) is 55.4 Å². The predicted octanol–water partition coefficient (Wildman–Crippen LogP) is 4.15. The number of ether oxygens (including phenoxy) is 2. The van der Waals surface area contributed by atoms with E-state index >= 15 is 0 Å². The Morgan fingerprint density at radius 3 is 1.59 bits per heavy atom. The first kappa shape index (κ1) is 27.2. The first-order valence-corrected chi connectivity index (χ1v) is 11.8. The largest absolute Gasteiger partial charge is 0.480 e. The third kappa shape index (κ3) is 6.52. The Morgan fingerprint density at radius 2 is 1.18 bits per heavy atom. The van der Waals surface area contributed by atoms with E-state index in [1.54, 1.807) is 22.8 Å². The van der Waals surface area contributed by atoms with Gasteiger partial charge in [0.05, 0.1) is 0 Å². The number of benzene rings is 1. The molecule has 188 valence electrons. The van der Waals surface area contributed by atoms with Crippen LogP contribution in [0.15, 0.2) is 27.4 Å². The lowest BCUT2D eigenvalue weighted by atomic mass is 10.1. The molecule has 0 aliphatic carbocycles. The van der Waals surface area contributed by atoms with E-state index in [-0.39, 0.29) is 54.9 Å². The van der Waals surface area contributed by atoms with Crippen LogP contribution in [0.2, 0.25) is 0 Å². The second-order valence-electron chi connectivity index (χ2n) is 9.60. The van der Waals surface area contributed by atoms with Gasteiger partial charge in [0.15, 0.2) is 24.7 Å². The monoisotopic (exact) mass is 474 g/mol. The maximum absolute atomic E-state index is 12.8. The molecule has 8 nitrogen and oxygen atoms in total. The molecule has 2 amide bonds. The summed E-state index contributed by atoms with van der Waals surface area (Å²) in [6.45, 7) is 17.0. The van der Waals surface area contributed by atoms with Crippen molar-refractivity contribution in [3.05, 3.63) is 34.2 Å². The Labute approximate surface area is 201 Å². The predicted molar refractivity (Wildman–Crippen MR) is 132 cm³/mol. The molecule has 0 bridgehead atoms. The summed E-state index contributed by atoms with van der Waals surface area (Å²) in [4.78, 5) is 41.0. The van der Waals surface area contributed by atoms with E-state index in [9.17, 15) is 14.4 Å². The van der Waals surface area contributed by atoms with Gasteiger partial charge in [-0.25, -0.2) is 4.79 Å². The van der Waals surface area contributed by atoms with E-state index in [2.05, 4.69) is 0 Å². The molecule has 0 atom stereocenters. The SMILES string of the molecule is Cc1cc(=O)oc2cc(OCC(=O)N(C(C)C)C(C)C)c(OCC(=O)N(C(C)C)C(C)C)cc12. The van der Waals surface area contributed by atoms with Gasteiger partial charge in [-0.05, 0) is 73.9 Å². The number of hydrogen-bond acceptors (Lipinski definition) is 6. The lowest BCUT2D eigenvalue weighted by molar-refractivity contribution is -0.138. The fraction of sp³-hybridized carbons (Fsp3) is 0.577. The van der Waals surface area contributed by atoms with Crippen LogP contribution in [0.25, 0.3) is 11.0 Å². The lowest BCUT2D eigenvalue weighted by Crippen LogP contribution is -2.44. The van der Waals surface area contributed by atoms with Crippen molar-refractivity contribution in [3.8, 4) is 11.5 Å². The molecule has 2 rings (SSSR count). The van der Waals surface area contributed by atoms with Gasteiger partial charge < -0.3 is 23.7 Å². The number of nitrogens with zero attached hydrogens (tertiary/aromatic N) is 2. The zero-order valence-electron chi connectivity index (χ0n) is 21.8. The molecular weight excluding hydrogens is 436 g/mol. The first-order chi connectivity index (χ1) is 15.8. The Bertz CT molecular complexity index is 1050. The van der Waals surface area contributed by atoms with Crippen LogP contribution in [-0.4, -0.2) is 59.0 Å². The van der Waals surface area contributed by atoms with Gasteiger partial charge in [0.1, 0.15) is 5.58 Å². The highest BCUT2D eigenvalue weighted by molar-refractivity contribution is 5.85. The summed E-state index contributed by atoms with van der Waals surface area (Å²) in [5, 5.41) is 0.663. The van der Waals surface area contributed by atoms with Gasteiger partial charge in [-0.2, -0.15) is 0 Å². The van der Waals surface area contributed by atoms with Gasteiger partial charge in [0.2, 0.25) is 0 Å². The van der Waals surface area contributed by atoms with Crippen molar-refractivity contribution in [1.29, 1.82) is 0 Å². The summed E-state index contributed by atoms with van der Waals surface area (Å²) in [6, 6.07) is 4.68. The van der Waals surface area contributed by atoms with Gasteiger partial charge in [-0.1, -0.05) is 0 Å². The van der Waals surface area contributed by atoms with E-state index in [1.165, 1.54) is 12.1 Å². The minimum atomic E-state index is -0.480. The van der Waals surface area contributed by atoms with Crippen molar-refractivity contribution in [3.63, 3.8) is 0 Å². The number of amides is 2. The minimum absolute atomic E-state index is 0.0137.